The van der Waals surface area contributed by atoms with E-state index < -0.39 is 48.1 Å². The van der Waals surface area contributed by atoms with Crippen molar-refractivity contribution in [1.82, 2.24) is 10.6 Å². The topological polar surface area (TPSA) is 225 Å². The molecule has 0 aromatic rings. The van der Waals surface area contributed by atoms with Crippen LogP contribution in [0, 0.1) is 5.92 Å². The molecular weight excluding hydrogens is 462 g/mol. The lowest BCUT2D eigenvalue weighted by atomic mass is 9.98. The molecule has 208 valence electrons. The van der Waals surface area contributed by atoms with Crippen molar-refractivity contribution in [1.29, 1.82) is 0 Å². The summed E-state index contributed by atoms with van der Waals surface area (Å²) in [5, 5.41) is 35.1. The number of nitrogens with one attached hydrogen (secondary N) is 2. The number of aliphatic hydroxyl groups is 3. The summed E-state index contributed by atoms with van der Waals surface area (Å²) in [6.07, 6.45) is -1.56. The first kappa shape index (κ1) is 33.6. The van der Waals surface area contributed by atoms with Crippen LogP contribution in [0.5, 0.6) is 0 Å². The van der Waals surface area contributed by atoms with Crippen LogP contribution in [0.25, 0.3) is 0 Å². The van der Waals surface area contributed by atoms with Crippen LogP contribution in [0.1, 0.15) is 47.0 Å². The second-order valence-corrected chi connectivity index (χ2v) is 9.55. The Hall–Kier alpha value is -1.42. The zero-order valence-electron chi connectivity index (χ0n) is 21.4. The second kappa shape index (κ2) is 17.9. The van der Waals surface area contributed by atoms with Gasteiger partial charge in [0, 0.05) is 6.42 Å². The summed E-state index contributed by atoms with van der Waals surface area (Å²) < 4.78 is 15.7. The van der Waals surface area contributed by atoms with E-state index in [9.17, 15) is 24.9 Å². The molecule has 0 aliphatic carbocycles. The van der Waals surface area contributed by atoms with E-state index >= 15 is 0 Å². The molecule has 0 fully saturated rings. The van der Waals surface area contributed by atoms with Gasteiger partial charge in [-0.3, -0.25) is 10.1 Å². The minimum Gasteiger partial charge on any atom is -0.461 e. The molecule has 0 heterocycles. The quantitative estimate of drug-likeness (QED) is 0.0483. The standard InChI is InChI=1S/C22H47N5O8/c1-14(2)18(29)13-34-9-8-33-11-15(28)12-35-20(31)17(10-22(3,4)32)27-19(30)16(23)6-5-7-26-21(24)25/h14-18,21,26,28-29,32H,5-13,23-25H2,1-4H3,(H,27,30). The summed E-state index contributed by atoms with van der Waals surface area (Å²) in [5.41, 5.74) is 15.4. The Balaban J connectivity index is 4.45. The lowest BCUT2D eigenvalue weighted by Gasteiger charge is -2.26. The van der Waals surface area contributed by atoms with Crippen LogP contribution in [0.3, 0.4) is 0 Å². The van der Waals surface area contributed by atoms with Crippen LogP contribution >= 0.6 is 0 Å². The van der Waals surface area contributed by atoms with Gasteiger partial charge in [0.15, 0.2) is 0 Å². The van der Waals surface area contributed by atoms with Gasteiger partial charge in [-0.05, 0) is 39.2 Å². The minimum absolute atomic E-state index is 0.0891. The Bertz CT molecular complexity index is 589. The number of hydrogen-bond donors (Lipinski definition) is 8. The highest BCUT2D eigenvalue weighted by Gasteiger charge is 2.30. The third kappa shape index (κ3) is 18.5. The van der Waals surface area contributed by atoms with E-state index in [0.717, 1.165) is 0 Å². The number of hydrogen-bond acceptors (Lipinski definition) is 12. The Kier molecular flexibility index (Phi) is 17.2. The van der Waals surface area contributed by atoms with Crippen molar-refractivity contribution >= 4 is 11.9 Å². The van der Waals surface area contributed by atoms with Gasteiger partial charge in [-0.1, -0.05) is 13.8 Å². The molecule has 1 amide bonds. The fourth-order valence-corrected chi connectivity index (χ4v) is 2.75. The number of carbonyl (C=O) groups excluding carboxylic acids is 2. The molecule has 0 aromatic carbocycles. The third-order valence-corrected chi connectivity index (χ3v) is 4.87. The van der Waals surface area contributed by atoms with Gasteiger partial charge >= 0.3 is 5.97 Å². The normalized spacial score (nSPS) is 15.7. The average molecular weight is 510 g/mol. The molecule has 35 heavy (non-hydrogen) atoms. The Morgan fingerprint density at radius 3 is 2.14 bits per heavy atom. The molecule has 0 aliphatic rings. The smallest absolute Gasteiger partial charge is 0.328 e. The number of ether oxygens (including phenoxy) is 3. The van der Waals surface area contributed by atoms with E-state index in [1.807, 2.05) is 13.8 Å². The van der Waals surface area contributed by atoms with Crippen molar-refractivity contribution in [3.8, 4) is 0 Å². The van der Waals surface area contributed by atoms with Crippen molar-refractivity contribution in [3.05, 3.63) is 0 Å². The molecule has 13 nitrogen and oxygen atoms in total. The largest absolute Gasteiger partial charge is 0.461 e. The lowest BCUT2D eigenvalue weighted by Crippen LogP contribution is -2.51. The Labute approximate surface area is 208 Å². The van der Waals surface area contributed by atoms with Gasteiger partial charge in [0.1, 0.15) is 25.0 Å². The third-order valence-electron chi connectivity index (χ3n) is 4.87. The number of esters is 1. The van der Waals surface area contributed by atoms with Crippen molar-refractivity contribution in [2.75, 3.05) is 39.6 Å². The van der Waals surface area contributed by atoms with Crippen LogP contribution in [0.4, 0.5) is 0 Å². The summed E-state index contributed by atoms with van der Waals surface area (Å²) in [4.78, 5) is 25.0. The summed E-state index contributed by atoms with van der Waals surface area (Å²) in [5.74, 6) is -1.29. The molecule has 13 heteroatoms. The van der Waals surface area contributed by atoms with Crippen LogP contribution in [0.2, 0.25) is 0 Å². The SMILES string of the molecule is CC(C)C(O)COCCOCC(O)COC(=O)C(CC(C)(C)O)NC(=O)C(N)CCCNC(N)N. The fourth-order valence-electron chi connectivity index (χ4n) is 2.75. The van der Waals surface area contributed by atoms with Crippen molar-refractivity contribution < 1.29 is 39.1 Å². The summed E-state index contributed by atoms with van der Waals surface area (Å²) in [6.45, 7) is 7.39. The van der Waals surface area contributed by atoms with E-state index in [4.69, 9.17) is 31.4 Å². The number of nitrogens with two attached hydrogens (primary N) is 3. The zero-order chi connectivity index (χ0) is 27.0. The molecular formula is C22H47N5O8. The van der Waals surface area contributed by atoms with Gasteiger partial charge in [-0.25, -0.2) is 4.79 Å². The molecule has 0 aliphatic heterocycles. The second-order valence-electron chi connectivity index (χ2n) is 9.55. The Morgan fingerprint density at radius 2 is 1.60 bits per heavy atom. The van der Waals surface area contributed by atoms with E-state index in [0.29, 0.717) is 19.4 Å². The van der Waals surface area contributed by atoms with Crippen LogP contribution < -0.4 is 27.8 Å². The summed E-state index contributed by atoms with van der Waals surface area (Å²) in [7, 11) is 0. The maximum absolute atomic E-state index is 12.5. The van der Waals surface area contributed by atoms with E-state index in [-0.39, 0.29) is 45.4 Å². The molecule has 0 spiro atoms. The first-order chi connectivity index (χ1) is 16.2. The number of amides is 1. The molecule has 0 bridgehead atoms. The first-order valence-electron chi connectivity index (χ1n) is 11.9. The molecule has 4 unspecified atom stereocenters. The minimum atomic E-state index is -1.27. The van der Waals surface area contributed by atoms with Gasteiger partial charge in [0.25, 0.3) is 0 Å². The summed E-state index contributed by atoms with van der Waals surface area (Å²) in [6, 6.07) is -2.04. The molecule has 4 atom stereocenters. The average Bonchev–Trinajstić information content (AvgIpc) is 2.75. The molecule has 0 aromatic heterocycles. The predicted molar refractivity (Wildman–Crippen MR) is 130 cm³/mol. The zero-order valence-corrected chi connectivity index (χ0v) is 21.4. The lowest BCUT2D eigenvalue weighted by molar-refractivity contribution is -0.153. The molecule has 11 N–H and O–H groups in total. The monoisotopic (exact) mass is 509 g/mol. The summed E-state index contributed by atoms with van der Waals surface area (Å²) >= 11 is 0. The fraction of sp³-hybridized carbons (Fsp3) is 0.909. The van der Waals surface area contributed by atoms with Crippen molar-refractivity contribution in [2.24, 2.45) is 23.1 Å². The van der Waals surface area contributed by atoms with Gasteiger partial charge in [0.2, 0.25) is 5.91 Å². The van der Waals surface area contributed by atoms with Crippen LogP contribution in [-0.2, 0) is 23.8 Å². The highest BCUT2D eigenvalue weighted by atomic mass is 16.6. The van der Waals surface area contributed by atoms with Gasteiger partial charge < -0.3 is 52.0 Å². The number of aliphatic hydroxyl groups excluding tert-OH is 2. The van der Waals surface area contributed by atoms with Crippen LogP contribution in [-0.4, -0.2) is 103 Å². The highest BCUT2D eigenvalue weighted by Crippen LogP contribution is 2.13. The molecule has 0 saturated carbocycles. The van der Waals surface area contributed by atoms with E-state index in [1.165, 1.54) is 13.8 Å². The predicted octanol–water partition coefficient (Wildman–Crippen LogP) is -2.52. The number of carbonyl (C=O) groups is 2. The highest BCUT2D eigenvalue weighted by molar-refractivity contribution is 5.87. The maximum Gasteiger partial charge on any atom is 0.328 e. The first-order valence-corrected chi connectivity index (χ1v) is 11.9. The van der Waals surface area contributed by atoms with E-state index in [1.54, 1.807) is 0 Å². The Morgan fingerprint density at radius 1 is 1.00 bits per heavy atom. The maximum atomic E-state index is 12.5. The van der Waals surface area contributed by atoms with Crippen molar-refractivity contribution in [2.45, 2.75) is 83.1 Å². The molecule has 0 rings (SSSR count). The van der Waals surface area contributed by atoms with Gasteiger partial charge in [-0.2, -0.15) is 0 Å². The molecule has 0 saturated heterocycles. The van der Waals surface area contributed by atoms with E-state index in [2.05, 4.69) is 10.6 Å². The van der Waals surface area contributed by atoms with Crippen LogP contribution in [0.15, 0.2) is 0 Å². The van der Waals surface area contributed by atoms with Crippen molar-refractivity contribution in [3.63, 3.8) is 0 Å². The molecule has 0 radical (unpaired) electrons. The number of rotatable bonds is 20. The van der Waals surface area contributed by atoms with Gasteiger partial charge in [0.05, 0.1) is 44.2 Å². The van der Waals surface area contributed by atoms with Gasteiger partial charge in [-0.15, -0.1) is 0 Å².